The summed E-state index contributed by atoms with van der Waals surface area (Å²) in [5.41, 5.74) is 12.4. The molecule has 1 aliphatic heterocycles. The molecule has 202 valence electrons. The minimum atomic E-state index is 0.0435. The number of hydrogen-bond donors (Lipinski definition) is 0. The number of rotatable bonds is 8. The summed E-state index contributed by atoms with van der Waals surface area (Å²) in [5.74, 6) is 0.796. The van der Waals surface area contributed by atoms with Gasteiger partial charge in [-0.1, -0.05) is 49.7 Å². The lowest BCUT2D eigenvalue weighted by Crippen LogP contribution is -2.20. The van der Waals surface area contributed by atoms with Crippen LogP contribution in [0.3, 0.4) is 0 Å². The summed E-state index contributed by atoms with van der Waals surface area (Å²) >= 11 is 0. The minimum absolute atomic E-state index is 0.0435. The quantitative estimate of drug-likeness (QED) is 0.248. The molecule has 3 heterocycles. The van der Waals surface area contributed by atoms with Crippen molar-refractivity contribution in [1.29, 1.82) is 0 Å². The van der Waals surface area contributed by atoms with E-state index in [9.17, 15) is 4.79 Å². The van der Waals surface area contributed by atoms with Gasteiger partial charge in [0.15, 0.2) is 11.6 Å². The van der Waals surface area contributed by atoms with Crippen molar-refractivity contribution in [2.45, 2.75) is 66.2 Å². The van der Waals surface area contributed by atoms with Gasteiger partial charge in [-0.25, -0.2) is 9.67 Å². The predicted octanol–water partition coefficient (Wildman–Crippen LogP) is 6.52. The van der Waals surface area contributed by atoms with Crippen molar-refractivity contribution in [2.24, 2.45) is 0 Å². The highest BCUT2D eigenvalue weighted by molar-refractivity contribution is 5.95. The number of pyridine rings is 1. The van der Waals surface area contributed by atoms with Crippen LogP contribution < -0.4 is 0 Å². The molecule has 0 saturated heterocycles. The first-order valence-corrected chi connectivity index (χ1v) is 14.3. The van der Waals surface area contributed by atoms with E-state index < -0.39 is 0 Å². The third kappa shape index (κ3) is 5.60. The molecule has 0 bridgehead atoms. The van der Waals surface area contributed by atoms with E-state index in [1.165, 1.54) is 33.4 Å². The number of nitrogens with zero attached hydrogens (tertiary/aromatic N) is 4. The summed E-state index contributed by atoms with van der Waals surface area (Å²) in [4.78, 5) is 19.7. The van der Waals surface area contributed by atoms with E-state index in [1.807, 2.05) is 16.8 Å². The summed E-state index contributed by atoms with van der Waals surface area (Å²) in [7, 11) is 2.23. The van der Waals surface area contributed by atoms with Crippen LogP contribution in [-0.2, 0) is 32.1 Å². The summed E-state index contributed by atoms with van der Waals surface area (Å²) in [6.07, 6.45) is 7.65. The molecule has 0 N–H and O–H groups in total. The fourth-order valence-corrected chi connectivity index (χ4v) is 6.01. The summed E-state index contributed by atoms with van der Waals surface area (Å²) in [6.45, 7) is 10.5. The molecule has 0 saturated carbocycles. The van der Waals surface area contributed by atoms with Crippen LogP contribution in [0.2, 0.25) is 0 Å². The number of aromatic nitrogens is 3. The van der Waals surface area contributed by atoms with E-state index in [-0.39, 0.29) is 5.78 Å². The van der Waals surface area contributed by atoms with Gasteiger partial charge in [-0.05, 0) is 105 Å². The lowest BCUT2D eigenvalue weighted by atomic mass is 9.89. The molecule has 0 radical (unpaired) electrons. The third-order valence-electron chi connectivity index (χ3n) is 8.33. The van der Waals surface area contributed by atoms with Crippen LogP contribution in [0, 0.1) is 13.8 Å². The molecule has 0 atom stereocenters. The molecule has 0 amide bonds. The van der Waals surface area contributed by atoms with Crippen molar-refractivity contribution in [3.05, 3.63) is 99.4 Å². The molecule has 2 aromatic heterocycles. The normalized spacial score (nSPS) is 13.8. The van der Waals surface area contributed by atoms with E-state index >= 15 is 0 Å². The largest absolute Gasteiger partial charge is 0.306 e. The van der Waals surface area contributed by atoms with Crippen molar-refractivity contribution < 1.29 is 4.79 Å². The minimum Gasteiger partial charge on any atom is -0.306 e. The average Bonchev–Trinajstić information content (AvgIpc) is 3.25. The molecule has 5 nitrogen and oxygen atoms in total. The number of fused-ring (bicyclic) bond motifs is 1. The first kappa shape index (κ1) is 27.0. The van der Waals surface area contributed by atoms with Gasteiger partial charge < -0.3 is 4.90 Å². The number of carbonyl (C=O) groups excluding carboxylic acids is 1. The van der Waals surface area contributed by atoms with Gasteiger partial charge in [0.25, 0.3) is 0 Å². The monoisotopic (exact) mass is 520 g/mol. The topological polar surface area (TPSA) is 51.0 Å². The molecular formula is C34H40N4O. The third-order valence-corrected chi connectivity index (χ3v) is 8.33. The lowest BCUT2D eigenvalue weighted by Gasteiger charge is -2.17. The molecular weight excluding hydrogens is 480 g/mol. The zero-order valence-electron chi connectivity index (χ0n) is 24.1. The van der Waals surface area contributed by atoms with Gasteiger partial charge in [0.1, 0.15) is 0 Å². The highest BCUT2D eigenvalue weighted by atomic mass is 16.1. The second kappa shape index (κ2) is 11.7. The van der Waals surface area contributed by atoms with Crippen molar-refractivity contribution >= 4 is 5.78 Å². The molecule has 5 heteroatoms. The van der Waals surface area contributed by atoms with Crippen molar-refractivity contribution in [1.82, 2.24) is 19.7 Å². The average molecular weight is 521 g/mol. The Morgan fingerprint density at radius 3 is 2.54 bits per heavy atom. The molecule has 39 heavy (non-hydrogen) atoms. The summed E-state index contributed by atoms with van der Waals surface area (Å²) < 4.78 is 1.84. The molecule has 0 unspecified atom stereocenters. The zero-order chi connectivity index (χ0) is 27.5. The van der Waals surface area contributed by atoms with Crippen LogP contribution in [0.1, 0.15) is 69.7 Å². The van der Waals surface area contributed by atoms with Gasteiger partial charge in [0.2, 0.25) is 0 Å². The Labute approximate surface area is 232 Å². The van der Waals surface area contributed by atoms with Crippen LogP contribution in [0.4, 0.5) is 0 Å². The highest BCUT2D eigenvalue weighted by Gasteiger charge is 2.18. The van der Waals surface area contributed by atoms with Gasteiger partial charge >= 0.3 is 0 Å². The van der Waals surface area contributed by atoms with E-state index in [2.05, 4.69) is 74.2 Å². The first-order chi connectivity index (χ1) is 18.9. The number of aryl methyl sites for hydroxylation is 2. The van der Waals surface area contributed by atoms with Crippen LogP contribution in [-0.4, -0.2) is 45.6 Å². The Morgan fingerprint density at radius 1 is 0.949 bits per heavy atom. The lowest BCUT2D eigenvalue weighted by molar-refractivity contribution is 0.101. The summed E-state index contributed by atoms with van der Waals surface area (Å²) in [5, 5.41) is 4.56. The second-order valence-electron chi connectivity index (χ2n) is 11.0. The fourth-order valence-electron chi connectivity index (χ4n) is 6.01. The molecule has 4 aromatic rings. The van der Waals surface area contributed by atoms with Gasteiger partial charge in [-0.3, -0.25) is 4.79 Å². The van der Waals surface area contributed by atoms with Gasteiger partial charge in [0, 0.05) is 18.7 Å². The Hall–Kier alpha value is -3.57. The smallest absolute Gasteiger partial charge is 0.163 e. The maximum atomic E-state index is 12.2. The molecule has 1 aliphatic rings. The Kier molecular flexibility index (Phi) is 8.08. The molecule has 0 aliphatic carbocycles. The summed E-state index contributed by atoms with van der Waals surface area (Å²) in [6, 6.07) is 17.3. The van der Waals surface area contributed by atoms with Gasteiger partial charge in [-0.15, -0.1) is 0 Å². The van der Waals surface area contributed by atoms with Crippen molar-refractivity contribution in [3.63, 3.8) is 0 Å². The molecule has 5 rings (SSSR count). The van der Waals surface area contributed by atoms with Crippen molar-refractivity contribution in [3.8, 4) is 17.1 Å². The molecule has 0 fully saturated rings. The highest BCUT2D eigenvalue weighted by Crippen LogP contribution is 2.29. The van der Waals surface area contributed by atoms with Gasteiger partial charge in [-0.2, -0.15) is 5.10 Å². The second-order valence-corrected chi connectivity index (χ2v) is 11.0. The van der Waals surface area contributed by atoms with Crippen LogP contribution >= 0.6 is 0 Å². The zero-order valence-corrected chi connectivity index (χ0v) is 24.1. The van der Waals surface area contributed by atoms with E-state index in [0.717, 1.165) is 68.8 Å². The van der Waals surface area contributed by atoms with E-state index in [4.69, 9.17) is 4.98 Å². The predicted molar refractivity (Wildman–Crippen MR) is 159 cm³/mol. The van der Waals surface area contributed by atoms with Crippen molar-refractivity contribution in [2.75, 3.05) is 20.1 Å². The standard InChI is InChI=1S/C34H40N4O/c1-6-9-33-31(25(4)39)22-35-38(33)34-13-8-12-32(36-34)30-11-7-10-23(2)28(30)17-16-26-14-15-27-18-20-37(5)21-19-29(27)24(26)3/h7-8,10-15,22H,6,9,16-21H2,1-5H3. The van der Waals surface area contributed by atoms with E-state index in [1.54, 1.807) is 18.7 Å². The fraction of sp³-hybridized carbons (Fsp3) is 0.382. The number of hydrogen-bond acceptors (Lipinski definition) is 4. The Bertz CT molecular complexity index is 1500. The maximum Gasteiger partial charge on any atom is 0.163 e. The van der Waals surface area contributed by atoms with Crippen LogP contribution in [0.5, 0.6) is 0 Å². The van der Waals surface area contributed by atoms with Crippen LogP contribution in [0.25, 0.3) is 17.1 Å². The number of ketones is 1. The Morgan fingerprint density at radius 2 is 1.74 bits per heavy atom. The molecule has 2 aromatic carbocycles. The van der Waals surface area contributed by atoms with E-state index in [0.29, 0.717) is 5.56 Å². The first-order valence-electron chi connectivity index (χ1n) is 14.3. The maximum absolute atomic E-state index is 12.2. The Balaban J connectivity index is 1.46. The van der Waals surface area contributed by atoms with Gasteiger partial charge in [0.05, 0.1) is 23.1 Å². The number of benzene rings is 2. The molecule has 0 spiro atoms. The number of likely N-dealkylation sites (N-methyl/N-ethyl adjacent to an activating group) is 1. The SMILES string of the molecule is CCCc1c(C(C)=O)cnn1-c1cccc(-c2cccc(C)c2CCc2ccc3c(c2C)CCN(C)CC3)n1. The van der Waals surface area contributed by atoms with Crippen LogP contribution in [0.15, 0.2) is 54.7 Å². The number of carbonyl (C=O) groups is 1. The number of Topliss-reactive ketones (excluding diaryl/α,β-unsaturated/α-hetero) is 1.